The van der Waals surface area contributed by atoms with Crippen molar-refractivity contribution >= 4 is 0 Å². The van der Waals surface area contributed by atoms with Crippen molar-refractivity contribution in [2.75, 3.05) is 6.61 Å². The van der Waals surface area contributed by atoms with Crippen LogP contribution in [0.1, 0.15) is 25.0 Å². The van der Waals surface area contributed by atoms with Crippen molar-refractivity contribution < 1.29 is 9.84 Å². The summed E-state index contributed by atoms with van der Waals surface area (Å²) in [6.45, 7) is 4.74. The molecule has 1 N–H and O–H groups in total. The van der Waals surface area contributed by atoms with Gasteiger partial charge in [0.25, 0.3) is 0 Å². The zero-order chi connectivity index (χ0) is 21.7. The van der Waals surface area contributed by atoms with E-state index in [0.717, 1.165) is 0 Å². The van der Waals surface area contributed by atoms with Crippen LogP contribution in [0.25, 0.3) is 11.5 Å². The second-order valence-corrected chi connectivity index (χ2v) is 7.88. The summed E-state index contributed by atoms with van der Waals surface area (Å²) in [5.41, 5.74) is 2.99. The number of hydrogen-bond acceptors (Lipinski definition) is 6. The van der Waals surface area contributed by atoms with Gasteiger partial charge in [-0.05, 0) is 45.8 Å². The minimum Gasteiger partial charge on any atom is -0.491 e. The molecule has 2 aromatic carbocycles. The Hall–Kier alpha value is -3.58. The molecule has 1 unspecified atom stereocenters. The van der Waals surface area contributed by atoms with Crippen LogP contribution in [-0.4, -0.2) is 43.0 Å². The van der Waals surface area contributed by atoms with E-state index >= 15 is 0 Å². The third kappa shape index (κ3) is 4.78. The first-order valence-corrected chi connectivity index (χ1v) is 10.2. The highest BCUT2D eigenvalue weighted by Gasteiger charge is 2.22. The largest absolute Gasteiger partial charge is 0.491 e. The van der Waals surface area contributed by atoms with Gasteiger partial charge in [0.05, 0.1) is 6.54 Å². The molecule has 7 nitrogen and oxygen atoms in total. The zero-order valence-electron chi connectivity index (χ0n) is 17.6. The summed E-state index contributed by atoms with van der Waals surface area (Å²) in [5, 5.41) is 22.1. The summed E-state index contributed by atoms with van der Waals surface area (Å²) in [7, 11) is 0. The van der Waals surface area contributed by atoms with Crippen LogP contribution < -0.4 is 4.74 Å². The lowest BCUT2D eigenvalue weighted by Crippen LogP contribution is -2.25. The number of pyridine rings is 1. The van der Waals surface area contributed by atoms with Crippen LogP contribution in [0.5, 0.6) is 5.75 Å². The highest BCUT2D eigenvalue weighted by atomic mass is 16.5. The number of aromatic nitrogens is 5. The fourth-order valence-corrected chi connectivity index (χ4v) is 3.44. The summed E-state index contributed by atoms with van der Waals surface area (Å²) < 4.78 is 7.32. The maximum absolute atomic E-state index is 10.4. The van der Waals surface area contributed by atoms with Gasteiger partial charge < -0.3 is 9.84 Å². The topological polar surface area (TPSA) is 86.0 Å². The Labute approximate surface area is 181 Å². The molecule has 0 aliphatic heterocycles. The average Bonchev–Trinajstić information content (AvgIpc) is 3.27. The number of tetrazole rings is 1. The van der Waals surface area contributed by atoms with Gasteiger partial charge in [-0.15, -0.1) is 5.10 Å². The van der Waals surface area contributed by atoms with Crippen molar-refractivity contribution in [3.8, 4) is 17.3 Å². The lowest BCUT2D eigenvalue weighted by Gasteiger charge is -2.26. The van der Waals surface area contributed by atoms with Crippen molar-refractivity contribution in [3.05, 3.63) is 90.1 Å². The summed E-state index contributed by atoms with van der Waals surface area (Å²) in [6.07, 6.45) is 0.905. The van der Waals surface area contributed by atoms with Crippen molar-refractivity contribution in [2.45, 2.75) is 31.9 Å². The number of aliphatic hydroxyl groups is 1. The monoisotopic (exact) mass is 415 g/mol. The first-order valence-electron chi connectivity index (χ1n) is 10.2. The van der Waals surface area contributed by atoms with E-state index in [1.807, 2.05) is 36.4 Å². The van der Waals surface area contributed by atoms with Gasteiger partial charge in [0.15, 0.2) is 0 Å². The molecule has 0 amide bonds. The summed E-state index contributed by atoms with van der Waals surface area (Å²) in [5.74, 6) is 1.21. The van der Waals surface area contributed by atoms with Gasteiger partial charge in [0, 0.05) is 11.6 Å². The molecule has 31 heavy (non-hydrogen) atoms. The summed E-state index contributed by atoms with van der Waals surface area (Å²) in [4.78, 5) is 4.26. The van der Waals surface area contributed by atoms with Gasteiger partial charge in [0.1, 0.15) is 24.2 Å². The molecule has 158 valence electrons. The van der Waals surface area contributed by atoms with Crippen molar-refractivity contribution in [1.29, 1.82) is 0 Å². The minimum absolute atomic E-state index is 0.110. The highest BCUT2D eigenvalue weighted by Crippen LogP contribution is 2.32. The standard InChI is InChI=1S/C24H25N5O2/c1-24(2,18-8-4-3-5-9-18)19-11-13-21(14-12-19)31-17-20(30)16-29-23(26-27-28-29)22-10-6-7-15-25-22/h3-15,20,30H,16-17H2,1-2H3. The number of hydrogen-bond donors (Lipinski definition) is 1. The van der Waals surface area contributed by atoms with Crippen molar-refractivity contribution in [2.24, 2.45) is 0 Å². The molecule has 4 rings (SSSR count). The summed E-state index contributed by atoms with van der Waals surface area (Å²) in [6, 6.07) is 23.9. The van der Waals surface area contributed by atoms with E-state index in [9.17, 15) is 5.11 Å². The quantitative estimate of drug-likeness (QED) is 0.474. The molecule has 0 radical (unpaired) electrons. The first-order chi connectivity index (χ1) is 15.0. The van der Waals surface area contributed by atoms with Crippen LogP contribution in [0.2, 0.25) is 0 Å². The third-order valence-corrected chi connectivity index (χ3v) is 5.32. The molecule has 2 heterocycles. The smallest absolute Gasteiger partial charge is 0.200 e. The van der Waals surface area contributed by atoms with E-state index in [-0.39, 0.29) is 18.6 Å². The molecular weight excluding hydrogens is 390 g/mol. The Balaban J connectivity index is 1.37. The van der Waals surface area contributed by atoms with Crippen LogP contribution in [0.15, 0.2) is 79.0 Å². The summed E-state index contributed by atoms with van der Waals surface area (Å²) >= 11 is 0. The van der Waals surface area contributed by atoms with Crippen LogP contribution >= 0.6 is 0 Å². The van der Waals surface area contributed by atoms with Crippen LogP contribution in [0, 0.1) is 0 Å². The van der Waals surface area contributed by atoms with Gasteiger partial charge in [-0.3, -0.25) is 4.98 Å². The fourth-order valence-electron chi connectivity index (χ4n) is 3.44. The lowest BCUT2D eigenvalue weighted by molar-refractivity contribution is 0.0892. The normalized spacial score (nSPS) is 12.5. The lowest BCUT2D eigenvalue weighted by atomic mass is 9.78. The number of nitrogens with zero attached hydrogens (tertiary/aromatic N) is 5. The van der Waals surface area contributed by atoms with E-state index in [1.165, 1.54) is 15.8 Å². The fraction of sp³-hybridized carbons (Fsp3) is 0.250. The molecule has 0 saturated carbocycles. The molecule has 4 aromatic rings. The van der Waals surface area contributed by atoms with Gasteiger partial charge in [0.2, 0.25) is 5.82 Å². The SMILES string of the molecule is CC(C)(c1ccccc1)c1ccc(OCC(O)Cn2nnnc2-c2ccccn2)cc1. The molecule has 0 aliphatic rings. The predicted molar refractivity (Wildman–Crippen MR) is 118 cm³/mol. The van der Waals surface area contributed by atoms with Crippen LogP contribution in [0.3, 0.4) is 0 Å². The number of benzene rings is 2. The molecule has 0 spiro atoms. The predicted octanol–water partition coefficient (Wildman–Crippen LogP) is 3.50. The van der Waals surface area contributed by atoms with Gasteiger partial charge >= 0.3 is 0 Å². The number of ether oxygens (including phenoxy) is 1. The Bertz CT molecular complexity index is 1100. The molecule has 2 aromatic heterocycles. The Morgan fingerprint density at radius 1 is 0.935 bits per heavy atom. The van der Waals surface area contributed by atoms with E-state index in [1.54, 1.807) is 6.20 Å². The second-order valence-electron chi connectivity index (χ2n) is 7.88. The van der Waals surface area contributed by atoms with E-state index in [2.05, 4.69) is 70.8 Å². The molecule has 0 fully saturated rings. The molecule has 0 saturated heterocycles. The van der Waals surface area contributed by atoms with E-state index in [0.29, 0.717) is 17.3 Å². The van der Waals surface area contributed by atoms with Gasteiger partial charge in [-0.1, -0.05) is 62.4 Å². The van der Waals surface area contributed by atoms with Crippen molar-refractivity contribution in [1.82, 2.24) is 25.2 Å². The van der Waals surface area contributed by atoms with Gasteiger partial charge in [-0.2, -0.15) is 0 Å². The number of rotatable bonds is 8. The average molecular weight is 415 g/mol. The Kier molecular flexibility index (Phi) is 6.04. The zero-order valence-corrected chi connectivity index (χ0v) is 17.6. The molecular formula is C24H25N5O2. The minimum atomic E-state index is -0.772. The van der Waals surface area contributed by atoms with Crippen LogP contribution in [-0.2, 0) is 12.0 Å². The van der Waals surface area contributed by atoms with Gasteiger partial charge in [-0.25, -0.2) is 4.68 Å². The molecule has 0 aliphatic carbocycles. The van der Waals surface area contributed by atoms with E-state index < -0.39 is 6.10 Å². The molecule has 7 heteroatoms. The third-order valence-electron chi connectivity index (χ3n) is 5.32. The highest BCUT2D eigenvalue weighted by molar-refractivity contribution is 5.47. The first kappa shape index (κ1) is 20.7. The van der Waals surface area contributed by atoms with E-state index in [4.69, 9.17) is 4.74 Å². The molecule has 1 atom stereocenters. The maximum atomic E-state index is 10.4. The number of aliphatic hydroxyl groups excluding tert-OH is 1. The maximum Gasteiger partial charge on any atom is 0.200 e. The van der Waals surface area contributed by atoms with Crippen LogP contribution in [0.4, 0.5) is 0 Å². The Morgan fingerprint density at radius 3 is 2.35 bits per heavy atom. The molecule has 0 bridgehead atoms. The van der Waals surface area contributed by atoms with Crippen molar-refractivity contribution in [3.63, 3.8) is 0 Å². The Morgan fingerprint density at radius 2 is 1.65 bits per heavy atom. The second kappa shape index (κ2) is 9.06.